The minimum absolute atomic E-state index is 0.0936. The highest BCUT2D eigenvalue weighted by molar-refractivity contribution is 6.05. The predicted octanol–water partition coefficient (Wildman–Crippen LogP) is 5.05. The lowest BCUT2D eigenvalue weighted by atomic mass is 9.90. The number of urea groups is 1. The Hall–Kier alpha value is -3.67. The van der Waals surface area contributed by atoms with E-state index in [0.717, 1.165) is 35.6 Å². The Morgan fingerprint density at radius 3 is 2.03 bits per heavy atom. The molecule has 0 radical (unpaired) electrons. The maximum atomic E-state index is 12.9. The van der Waals surface area contributed by atoms with E-state index in [1.807, 2.05) is 84.6 Å². The van der Waals surface area contributed by atoms with E-state index in [-0.39, 0.29) is 17.9 Å². The molecule has 1 saturated heterocycles. The summed E-state index contributed by atoms with van der Waals surface area (Å²) in [5.41, 5.74) is 3.84. The van der Waals surface area contributed by atoms with Gasteiger partial charge in [-0.15, -0.1) is 0 Å². The molecule has 31 heavy (non-hydrogen) atoms. The number of hydrogen-bond acceptors (Lipinski definition) is 3. The van der Waals surface area contributed by atoms with Crippen LogP contribution < -0.4 is 10.6 Å². The standard InChI is InChI=1S/C25H26N4O2/c1-18-12-13-22(24(30)27-20-8-4-2-5-9-20)23(26-18)19-14-16-29(17-15-19)25(31)28-21-10-6-3-7-11-21/h2-13,19H,14-17H2,1H3,(H,27,30)(H,28,31). The van der Waals surface area contributed by atoms with Crippen LogP contribution in [0, 0.1) is 6.92 Å². The molecule has 2 N–H and O–H groups in total. The number of pyridine rings is 1. The van der Waals surface area contributed by atoms with E-state index >= 15 is 0 Å². The highest BCUT2D eigenvalue weighted by Crippen LogP contribution is 2.30. The molecule has 3 aromatic rings. The van der Waals surface area contributed by atoms with E-state index in [9.17, 15) is 9.59 Å². The number of benzene rings is 2. The van der Waals surface area contributed by atoms with Crippen LogP contribution in [0.25, 0.3) is 0 Å². The average Bonchev–Trinajstić information content (AvgIpc) is 2.80. The number of likely N-dealkylation sites (tertiary alicyclic amines) is 1. The van der Waals surface area contributed by atoms with E-state index in [2.05, 4.69) is 10.6 Å². The van der Waals surface area contributed by atoms with Crippen LogP contribution in [0.1, 0.15) is 40.5 Å². The van der Waals surface area contributed by atoms with Gasteiger partial charge in [0.2, 0.25) is 0 Å². The van der Waals surface area contributed by atoms with Gasteiger partial charge >= 0.3 is 6.03 Å². The SMILES string of the molecule is Cc1ccc(C(=O)Nc2ccccc2)c(C2CCN(C(=O)Nc3ccccc3)CC2)n1. The highest BCUT2D eigenvalue weighted by Gasteiger charge is 2.28. The third kappa shape index (κ3) is 5.09. The van der Waals surface area contributed by atoms with Crippen LogP contribution in [-0.4, -0.2) is 34.9 Å². The molecule has 1 aliphatic heterocycles. The zero-order valence-electron chi connectivity index (χ0n) is 17.5. The molecular weight excluding hydrogens is 388 g/mol. The van der Waals surface area contributed by atoms with Gasteiger partial charge in [0.25, 0.3) is 5.91 Å². The van der Waals surface area contributed by atoms with Crippen molar-refractivity contribution >= 4 is 23.3 Å². The van der Waals surface area contributed by atoms with Crippen molar-refractivity contribution < 1.29 is 9.59 Å². The number of para-hydroxylation sites is 2. The third-order valence-electron chi connectivity index (χ3n) is 5.53. The Labute approximate surface area is 182 Å². The minimum Gasteiger partial charge on any atom is -0.324 e. The zero-order chi connectivity index (χ0) is 21.6. The van der Waals surface area contributed by atoms with Crippen molar-refractivity contribution in [2.75, 3.05) is 23.7 Å². The number of aryl methyl sites for hydroxylation is 1. The number of piperidine rings is 1. The number of nitrogens with zero attached hydrogens (tertiary/aromatic N) is 2. The molecule has 3 amide bonds. The third-order valence-corrected chi connectivity index (χ3v) is 5.53. The lowest BCUT2D eigenvalue weighted by Crippen LogP contribution is -2.41. The molecule has 0 aliphatic carbocycles. The Kier molecular flexibility index (Phi) is 6.26. The fourth-order valence-corrected chi connectivity index (χ4v) is 3.88. The molecule has 1 fully saturated rings. The molecule has 0 spiro atoms. The summed E-state index contributed by atoms with van der Waals surface area (Å²) < 4.78 is 0. The first-order chi connectivity index (χ1) is 15.1. The fourth-order valence-electron chi connectivity index (χ4n) is 3.88. The average molecular weight is 415 g/mol. The normalized spacial score (nSPS) is 14.2. The van der Waals surface area contributed by atoms with Crippen molar-refractivity contribution in [3.8, 4) is 0 Å². The van der Waals surface area contributed by atoms with Gasteiger partial charge in [-0.05, 0) is 56.2 Å². The molecule has 0 bridgehead atoms. The number of rotatable bonds is 4. The van der Waals surface area contributed by atoms with E-state index < -0.39 is 0 Å². The predicted molar refractivity (Wildman–Crippen MR) is 122 cm³/mol. The second kappa shape index (κ2) is 9.43. The molecular formula is C25H26N4O2. The van der Waals surface area contributed by atoms with E-state index in [4.69, 9.17) is 4.98 Å². The van der Waals surface area contributed by atoms with Crippen molar-refractivity contribution in [3.05, 3.63) is 89.7 Å². The first-order valence-corrected chi connectivity index (χ1v) is 10.5. The van der Waals surface area contributed by atoms with E-state index in [1.54, 1.807) is 0 Å². The van der Waals surface area contributed by atoms with Crippen molar-refractivity contribution in [2.45, 2.75) is 25.7 Å². The zero-order valence-corrected chi connectivity index (χ0v) is 17.5. The van der Waals surface area contributed by atoms with Crippen molar-refractivity contribution in [2.24, 2.45) is 0 Å². The molecule has 6 heteroatoms. The Morgan fingerprint density at radius 2 is 1.42 bits per heavy atom. The lowest BCUT2D eigenvalue weighted by molar-refractivity contribution is 0.102. The van der Waals surface area contributed by atoms with Gasteiger partial charge in [0.15, 0.2) is 0 Å². The number of amides is 3. The summed E-state index contributed by atoms with van der Waals surface area (Å²) in [7, 11) is 0. The molecule has 0 atom stereocenters. The Balaban J connectivity index is 1.44. The quantitative estimate of drug-likeness (QED) is 0.627. The summed E-state index contributed by atoms with van der Waals surface area (Å²) >= 11 is 0. The summed E-state index contributed by atoms with van der Waals surface area (Å²) in [5, 5.41) is 5.90. The summed E-state index contributed by atoms with van der Waals surface area (Å²) in [4.78, 5) is 32.1. The van der Waals surface area contributed by atoms with Gasteiger partial charge in [0, 0.05) is 36.1 Å². The van der Waals surface area contributed by atoms with Gasteiger partial charge < -0.3 is 15.5 Å². The number of anilines is 2. The maximum absolute atomic E-state index is 12.9. The number of aromatic nitrogens is 1. The van der Waals surface area contributed by atoms with Gasteiger partial charge in [0.1, 0.15) is 0 Å². The molecule has 1 aromatic heterocycles. The van der Waals surface area contributed by atoms with Crippen LogP contribution in [0.3, 0.4) is 0 Å². The first-order valence-electron chi connectivity index (χ1n) is 10.5. The summed E-state index contributed by atoms with van der Waals surface area (Å²) in [6.45, 7) is 3.18. The monoisotopic (exact) mass is 414 g/mol. The van der Waals surface area contributed by atoms with Crippen LogP contribution in [0.4, 0.5) is 16.2 Å². The second-order valence-corrected chi connectivity index (χ2v) is 7.76. The van der Waals surface area contributed by atoms with Crippen LogP contribution >= 0.6 is 0 Å². The molecule has 0 saturated carbocycles. The van der Waals surface area contributed by atoms with E-state index in [0.29, 0.717) is 18.7 Å². The van der Waals surface area contributed by atoms with Crippen molar-refractivity contribution in [1.29, 1.82) is 0 Å². The molecule has 0 unspecified atom stereocenters. The molecule has 2 heterocycles. The van der Waals surface area contributed by atoms with Crippen molar-refractivity contribution in [3.63, 3.8) is 0 Å². The molecule has 1 aliphatic rings. The van der Waals surface area contributed by atoms with Crippen LogP contribution in [0.15, 0.2) is 72.8 Å². The van der Waals surface area contributed by atoms with Crippen LogP contribution in [0.2, 0.25) is 0 Å². The molecule has 6 nitrogen and oxygen atoms in total. The molecule has 2 aromatic carbocycles. The first kappa shape index (κ1) is 20.6. The number of carbonyl (C=O) groups is 2. The van der Waals surface area contributed by atoms with Gasteiger partial charge in [0.05, 0.1) is 11.3 Å². The smallest absolute Gasteiger partial charge is 0.321 e. The maximum Gasteiger partial charge on any atom is 0.321 e. The summed E-state index contributed by atoms with van der Waals surface area (Å²) in [6, 6.07) is 22.5. The topological polar surface area (TPSA) is 74.3 Å². The Bertz CT molecular complexity index is 1050. The number of carbonyl (C=O) groups excluding carboxylic acids is 2. The summed E-state index contributed by atoms with van der Waals surface area (Å²) in [6.07, 6.45) is 1.54. The van der Waals surface area contributed by atoms with Crippen LogP contribution in [0.5, 0.6) is 0 Å². The van der Waals surface area contributed by atoms with E-state index in [1.165, 1.54) is 0 Å². The Morgan fingerprint density at radius 1 is 0.839 bits per heavy atom. The largest absolute Gasteiger partial charge is 0.324 e. The number of hydrogen-bond donors (Lipinski definition) is 2. The van der Waals surface area contributed by atoms with Gasteiger partial charge in [-0.25, -0.2) is 4.79 Å². The fraction of sp³-hybridized carbons (Fsp3) is 0.240. The lowest BCUT2D eigenvalue weighted by Gasteiger charge is -2.32. The van der Waals surface area contributed by atoms with Gasteiger partial charge in [-0.2, -0.15) is 0 Å². The summed E-state index contributed by atoms with van der Waals surface area (Å²) in [5.74, 6) is -0.0184. The minimum atomic E-state index is -0.155. The molecule has 4 rings (SSSR count). The number of nitrogens with one attached hydrogen (secondary N) is 2. The highest BCUT2D eigenvalue weighted by atomic mass is 16.2. The van der Waals surface area contributed by atoms with Crippen molar-refractivity contribution in [1.82, 2.24) is 9.88 Å². The van der Waals surface area contributed by atoms with Crippen LogP contribution in [-0.2, 0) is 0 Å². The second-order valence-electron chi connectivity index (χ2n) is 7.76. The van der Waals surface area contributed by atoms with Gasteiger partial charge in [-0.3, -0.25) is 9.78 Å². The van der Waals surface area contributed by atoms with Gasteiger partial charge in [-0.1, -0.05) is 36.4 Å². The molecule has 158 valence electrons.